The molecule has 2 aromatic rings. The van der Waals surface area contributed by atoms with Crippen molar-refractivity contribution in [3.63, 3.8) is 0 Å². The average molecular weight is 319 g/mol. The molecule has 0 radical (unpaired) electrons. The molecule has 7 nitrogen and oxygen atoms in total. The van der Waals surface area contributed by atoms with Crippen LogP contribution in [0, 0.1) is 0 Å². The highest BCUT2D eigenvalue weighted by Gasteiger charge is 2.08. The Morgan fingerprint density at radius 3 is 2.70 bits per heavy atom. The molecule has 0 bridgehead atoms. The molecule has 1 aromatic heterocycles. The highest BCUT2D eigenvalue weighted by atomic mass is 16.5. The van der Waals surface area contributed by atoms with Crippen molar-refractivity contribution >= 4 is 22.7 Å². The summed E-state index contributed by atoms with van der Waals surface area (Å²) in [4.78, 5) is 23.5. The first-order chi connectivity index (χ1) is 11.1. The van der Waals surface area contributed by atoms with Crippen molar-refractivity contribution in [2.24, 2.45) is 0 Å². The van der Waals surface area contributed by atoms with Crippen LogP contribution >= 0.6 is 0 Å². The van der Waals surface area contributed by atoms with Gasteiger partial charge >= 0.3 is 0 Å². The van der Waals surface area contributed by atoms with Crippen LogP contribution in [0.5, 0.6) is 5.75 Å². The van der Waals surface area contributed by atoms with E-state index in [2.05, 4.69) is 10.6 Å². The summed E-state index contributed by atoms with van der Waals surface area (Å²) in [6.07, 6.45) is 1.84. The van der Waals surface area contributed by atoms with E-state index in [1.54, 1.807) is 14.2 Å². The molecule has 0 aliphatic rings. The number of carbonyl (C=O) groups is 2. The number of rotatable bonds is 8. The van der Waals surface area contributed by atoms with Gasteiger partial charge in [0.05, 0.1) is 20.3 Å². The second-order valence-corrected chi connectivity index (χ2v) is 4.99. The van der Waals surface area contributed by atoms with E-state index in [1.165, 1.54) is 0 Å². The number of nitrogens with one attached hydrogen (secondary N) is 2. The first-order valence-corrected chi connectivity index (χ1v) is 7.29. The smallest absolute Gasteiger partial charge is 0.240 e. The molecule has 2 rings (SSSR count). The standard InChI is InChI=1S/C16H21N3O4/c1-22-8-6-17-15(20)10-18-16(21)11-19-7-5-12-9-13(23-2)3-4-14(12)19/h3-5,7,9H,6,8,10-11H2,1-2H3,(H,17,20)(H,18,21). The molecule has 0 spiro atoms. The lowest BCUT2D eigenvalue weighted by atomic mass is 10.2. The number of benzene rings is 1. The normalized spacial score (nSPS) is 10.5. The van der Waals surface area contributed by atoms with Gasteiger partial charge in [-0.2, -0.15) is 0 Å². The fourth-order valence-corrected chi connectivity index (χ4v) is 2.19. The summed E-state index contributed by atoms with van der Waals surface area (Å²) >= 11 is 0. The Bertz CT molecular complexity index is 681. The molecule has 0 aliphatic carbocycles. The van der Waals surface area contributed by atoms with Crippen molar-refractivity contribution in [3.05, 3.63) is 30.5 Å². The molecule has 1 aromatic carbocycles. The topological polar surface area (TPSA) is 81.6 Å². The van der Waals surface area contributed by atoms with Crippen molar-refractivity contribution in [3.8, 4) is 5.75 Å². The SMILES string of the molecule is COCCNC(=O)CNC(=O)Cn1ccc2cc(OC)ccc21. The average Bonchev–Trinajstić information content (AvgIpc) is 2.95. The number of nitrogens with zero attached hydrogens (tertiary/aromatic N) is 1. The number of ether oxygens (including phenoxy) is 2. The molecular formula is C16H21N3O4. The van der Waals surface area contributed by atoms with Crippen LogP contribution in [0.3, 0.4) is 0 Å². The summed E-state index contributed by atoms with van der Waals surface area (Å²) in [7, 11) is 3.17. The molecule has 124 valence electrons. The molecule has 2 amide bonds. The summed E-state index contributed by atoms with van der Waals surface area (Å²) in [6, 6.07) is 7.58. The molecule has 1 heterocycles. The van der Waals surface area contributed by atoms with E-state index in [4.69, 9.17) is 9.47 Å². The van der Waals surface area contributed by atoms with Gasteiger partial charge < -0.3 is 24.7 Å². The predicted octanol–water partition coefficient (Wildman–Crippen LogP) is 0.529. The second-order valence-electron chi connectivity index (χ2n) is 4.99. The number of carbonyl (C=O) groups excluding carboxylic acids is 2. The predicted molar refractivity (Wildman–Crippen MR) is 86.4 cm³/mol. The van der Waals surface area contributed by atoms with E-state index in [-0.39, 0.29) is 24.9 Å². The molecule has 2 N–H and O–H groups in total. The highest BCUT2D eigenvalue weighted by Crippen LogP contribution is 2.21. The summed E-state index contributed by atoms with van der Waals surface area (Å²) in [6.45, 7) is 0.977. The van der Waals surface area contributed by atoms with Crippen molar-refractivity contribution < 1.29 is 19.1 Å². The number of hydrogen-bond acceptors (Lipinski definition) is 4. The number of methoxy groups -OCH3 is 2. The lowest BCUT2D eigenvalue weighted by Gasteiger charge is -2.08. The van der Waals surface area contributed by atoms with Gasteiger partial charge in [-0.05, 0) is 24.3 Å². The van der Waals surface area contributed by atoms with Crippen LogP contribution in [0.15, 0.2) is 30.5 Å². The zero-order chi connectivity index (χ0) is 16.7. The Balaban J connectivity index is 1.87. The molecule has 0 atom stereocenters. The van der Waals surface area contributed by atoms with Gasteiger partial charge in [0.1, 0.15) is 12.3 Å². The third kappa shape index (κ3) is 4.72. The van der Waals surface area contributed by atoms with Crippen molar-refractivity contribution in [1.82, 2.24) is 15.2 Å². The van der Waals surface area contributed by atoms with Gasteiger partial charge in [-0.1, -0.05) is 0 Å². The quantitative estimate of drug-likeness (QED) is 0.696. The third-order valence-electron chi connectivity index (χ3n) is 3.37. The van der Waals surface area contributed by atoms with E-state index < -0.39 is 0 Å². The Hall–Kier alpha value is -2.54. The van der Waals surface area contributed by atoms with Gasteiger partial charge in [0.25, 0.3) is 0 Å². The maximum atomic E-state index is 12.0. The minimum absolute atomic E-state index is 0.0461. The van der Waals surface area contributed by atoms with Crippen LogP contribution in [0.2, 0.25) is 0 Å². The van der Waals surface area contributed by atoms with E-state index >= 15 is 0 Å². The van der Waals surface area contributed by atoms with Crippen LogP contribution in [-0.4, -0.2) is 50.3 Å². The number of hydrogen-bond donors (Lipinski definition) is 2. The number of aromatic nitrogens is 1. The van der Waals surface area contributed by atoms with Crippen molar-refractivity contribution in [2.75, 3.05) is 33.9 Å². The van der Waals surface area contributed by atoms with Gasteiger partial charge in [-0.15, -0.1) is 0 Å². The lowest BCUT2D eigenvalue weighted by molar-refractivity contribution is -0.126. The lowest BCUT2D eigenvalue weighted by Crippen LogP contribution is -2.39. The Morgan fingerprint density at radius 2 is 1.96 bits per heavy atom. The van der Waals surface area contributed by atoms with Gasteiger partial charge in [0.15, 0.2) is 0 Å². The summed E-state index contributed by atoms with van der Waals surface area (Å²) in [5.41, 5.74) is 0.936. The maximum Gasteiger partial charge on any atom is 0.240 e. The number of fused-ring (bicyclic) bond motifs is 1. The van der Waals surface area contributed by atoms with Crippen molar-refractivity contribution in [2.45, 2.75) is 6.54 Å². The van der Waals surface area contributed by atoms with Crippen LogP contribution in [0.4, 0.5) is 0 Å². The van der Waals surface area contributed by atoms with Crippen LogP contribution in [0.25, 0.3) is 10.9 Å². The van der Waals surface area contributed by atoms with Gasteiger partial charge in [0, 0.05) is 30.8 Å². The molecule has 0 saturated heterocycles. The minimum atomic E-state index is -0.238. The minimum Gasteiger partial charge on any atom is -0.497 e. The largest absolute Gasteiger partial charge is 0.497 e. The fourth-order valence-electron chi connectivity index (χ4n) is 2.19. The van der Waals surface area contributed by atoms with Crippen LogP contribution in [0.1, 0.15) is 0 Å². The van der Waals surface area contributed by atoms with E-state index in [1.807, 2.05) is 35.0 Å². The van der Waals surface area contributed by atoms with E-state index in [0.29, 0.717) is 13.2 Å². The maximum absolute atomic E-state index is 12.0. The van der Waals surface area contributed by atoms with E-state index in [9.17, 15) is 9.59 Å². The molecule has 0 fully saturated rings. The van der Waals surface area contributed by atoms with Crippen molar-refractivity contribution in [1.29, 1.82) is 0 Å². The first-order valence-electron chi connectivity index (χ1n) is 7.29. The van der Waals surface area contributed by atoms with E-state index in [0.717, 1.165) is 16.7 Å². The van der Waals surface area contributed by atoms with Crippen LogP contribution in [-0.2, 0) is 20.9 Å². The molecule has 23 heavy (non-hydrogen) atoms. The zero-order valence-electron chi connectivity index (χ0n) is 13.3. The Labute approximate surface area is 134 Å². The second kappa shape index (κ2) is 8.19. The van der Waals surface area contributed by atoms with Crippen LogP contribution < -0.4 is 15.4 Å². The first kappa shape index (κ1) is 16.8. The Kier molecular flexibility index (Phi) is 5.99. The summed E-state index contributed by atoms with van der Waals surface area (Å²) < 4.78 is 11.8. The highest BCUT2D eigenvalue weighted by molar-refractivity contribution is 5.87. The molecule has 0 aliphatic heterocycles. The Morgan fingerprint density at radius 1 is 1.13 bits per heavy atom. The molecule has 0 saturated carbocycles. The molecule has 0 unspecified atom stereocenters. The fraction of sp³-hybridized carbons (Fsp3) is 0.375. The zero-order valence-corrected chi connectivity index (χ0v) is 13.3. The van der Waals surface area contributed by atoms with Gasteiger partial charge in [0.2, 0.25) is 11.8 Å². The summed E-state index contributed by atoms with van der Waals surface area (Å²) in [5.74, 6) is 0.310. The number of amides is 2. The van der Waals surface area contributed by atoms with Gasteiger partial charge in [-0.3, -0.25) is 9.59 Å². The van der Waals surface area contributed by atoms with Gasteiger partial charge in [-0.25, -0.2) is 0 Å². The third-order valence-corrected chi connectivity index (χ3v) is 3.37. The molecular weight excluding hydrogens is 298 g/mol. The summed E-state index contributed by atoms with van der Waals surface area (Å²) in [5, 5.41) is 6.23. The monoisotopic (exact) mass is 319 g/mol. The molecule has 7 heteroatoms.